The van der Waals surface area contributed by atoms with Crippen LogP contribution in [0.25, 0.3) is 10.8 Å². The normalized spacial score (nSPS) is 10.9. The van der Waals surface area contributed by atoms with Crippen LogP contribution in [0.2, 0.25) is 0 Å². The molecule has 0 aliphatic heterocycles. The Morgan fingerprint density at radius 3 is 2.56 bits per heavy atom. The Labute approximate surface area is 194 Å². The van der Waals surface area contributed by atoms with Crippen molar-refractivity contribution in [2.75, 3.05) is 7.11 Å². The van der Waals surface area contributed by atoms with Crippen LogP contribution in [0.1, 0.15) is 21.5 Å². The van der Waals surface area contributed by atoms with Crippen molar-refractivity contribution in [3.05, 3.63) is 106 Å². The Kier molecular flexibility index (Phi) is 6.82. The Hall–Kier alpha value is -3.64. The largest absolute Gasteiger partial charge is 0.493 e. The van der Waals surface area contributed by atoms with E-state index in [1.54, 1.807) is 37.6 Å². The second-order valence-electron chi connectivity index (χ2n) is 7.04. The third kappa shape index (κ3) is 5.15. The number of carbonyl (C=O) groups excluding carboxylic acids is 1. The van der Waals surface area contributed by atoms with Crippen molar-refractivity contribution >= 4 is 38.8 Å². The molecule has 0 spiro atoms. The molecule has 0 aliphatic carbocycles. The number of fused-ring (bicyclic) bond motifs is 1. The van der Waals surface area contributed by atoms with Gasteiger partial charge in [0.1, 0.15) is 6.61 Å². The summed E-state index contributed by atoms with van der Waals surface area (Å²) in [5, 5.41) is 6.38. The summed E-state index contributed by atoms with van der Waals surface area (Å²) >= 11 is 3.35. The SMILES string of the molecule is COc1cc(/C=N\NC(=O)c2ccc(Br)cc2)ccc1OCc1cccc2ccccc12. The second kappa shape index (κ2) is 10.1. The lowest BCUT2D eigenvalue weighted by atomic mass is 10.1. The first-order valence-corrected chi connectivity index (χ1v) is 10.8. The maximum Gasteiger partial charge on any atom is 0.271 e. The molecule has 0 heterocycles. The highest BCUT2D eigenvalue weighted by molar-refractivity contribution is 9.10. The standard InChI is InChI=1S/C26H21BrN2O3/c1-31-25-15-18(16-28-29-26(30)20-10-12-22(27)13-11-20)9-14-24(25)32-17-21-7-4-6-19-5-2-3-8-23(19)21/h2-16H,17H2,1H3,(H,29,30)/b28-16-. The molecule has 4 aromatic rings. The smallest absolute Gasteiger partial charge is 0.271 e. The van der Waals surface area contributed by atoms with E-state index in [-0.39, 0.29) is 5.91 Å². The van der Waals surface area contributed by atoms with E-state index >= 15 is 0 Å². The zero-order valence-electron chi connectivity index (χ0n) is 17.4. The number of rotatable bonds is 7. The van der Waals surface area contributed by atoms with Crippen LogP contribution >= 0.6 is 15.9 Å². The fourth-order valence-corrected chi connectivity index (χ4v) is 3.55. The van der Waals surface area contributed by atoms with Crippen molar-refractivity contribution in [2.24, 2.45) is 5.10 Å². The highest BCUT2D eigenvalue weighted by atomic mass is 79.9. The maximum absolute atomic E-state index is 12.2. The van der Waals surface area contributed by atoms with Crippen LogP contribution in [0.15, 0.2) is 94.5 Å². The fourth-order valence-electron chi connectivity index (χ4n) is 3.29. The Bertz CT molecular complexity index is 1260. The molecule has 6 heteroatoms. The van der Waals surface area contributed by atoms with Crippen molar-refractivity contribution in [2.45, 2.75) is 6.61 Å². The summed E-state index contributed by atoms with van der Waals surface area (Å²) < 4.78 is 12.4. The van der Waals surface area contributed by atoms with Gasteiger partial charge in [-0.25, -0.2) is 5.43 Å². The number of hydrogen-bond acceptors (Lipinski definition) is 4. The molecule has 0 aliphatic rings. The second-order valence-corrected chi connectivity index (χ2v) is 7.96. The van der Waals surface area contributed by atoms with E-state index in [9.17, 15) is 4.79 Å². The topological polar surface area (TPSA) is 59.9 Å². The van der Waals surface area contributed by atoms with E-state index in [2.05, 4.69) is 50.7 Å². The van der Waals surface area contributed by atoms with Gasteiger partial charge in [-0.2, -0.15) is 5.10 Å². The van der Waals surface area contributed by atoms with Crippen LogP contribution < -0.4 is 14.9 Å². The van der Waals surface area contributed by atoms with E-state index in [0.29, 0.717) is 23.7 Å². The lowest BCUT2D eigenvalue weighted by Gasteiger charge is -2.12. The van der Waals surface area contributed by atoms with Gasteiger partial charge in [0.05, 0.1) is 13.3 Å². The molecule has 1 amide bonds. The number of hydrogen-bond donors (Lipinski definition) is 1. The zero-order chi connectivity index (χ0) is 22.3. The minimum atomic E-state index is -0.282. The number of hydrazone groups is 1. The van der Waals surface area contributed by atoms with Crippen molar-refractivity contribution in [1.82, 2.24) is 5.43 Å². The summed E-state index contributed by atoms with van der Waals surface area (Å²) in [5.74, 6) is 0.945. The number of nitrogens with zero attached hydrogens (tertiary/aromatic N) is 1. The lowest BCUT2D eigenvalue weighted by Crippen LogP contribution is -2.17. The molecule has 0 fully saturated rings. The molecule has 0 aromatic heterocycles. The number of amides is 1. The van der Waals surface area contributed by atoms with E-state index in [1.165, 1.54) is 10.8 Å². The van der Waals surface area contributed by atoms with Crippen molar-refractivity contribution in [1.29, 1.82) is 0 Å². The summed E-state index contributed by atoms with van der Waals surface area (Å²) in [7, 11) is 1.59. The van der Waals surface area contributed by atoms with Gasteiger partial charge in [-0.3, -0.25) is 4.79 Å². The minimum Gasteiger partial charge on any atom is -0.493 e. The predicted octanol–water partition coefficient (Wildman–Crippen LogP) is 5.95. The molecule has 4 aromatic carbocycles. The summed E-state index contributed by atoms with van der Waals surface area (Å²) in [6, 6.07) is 27.0. The number of ether oxygens (including phenoxy) is 2. The molecule has 0 saturated carbocycles. The molecule has 4 rings (SSSR count). The van der Waals surface area contributed by atoms with Crippen molar-refractivity contribution < 1.29 is 14.3 Å². The zero-order valence-corrected chi connectivity index (χ0v) is 19.0. The highest BCUT2D eigenvalue weighted by Crippen LogP contribution is 2.29. The van der Waals surface area contributed by atoms with Gasteiger partial charge < -0.3 is 9.47 Å². The van der Waals surface area contributed by atoms with Crippen LogP contribution in [-0.2, 0) is 6.61 Å². The van der Waals surface area contributed by atoms with Crippen LogP contribution in [0.4, 0.5) is 0 Å². The van der Waals surface area contributed by atoms with Crippen LogP contribution in [-0.4, -0.2) is 19.2 Å². The quantitative estimate of drug-likeness (QED) is 0.258. The summed E-state index contributed by atoms with van der Waals surface area (Å²) in [6.45, 7) is 0.425. The Morgan fingerprint density at radius 1 is 0.969 bits per heavy atom. The van der Waals surface area contributed by atoms with Gasteiger partial charge in [0.15, 0.2) is 11.5 Å². The Balaban J connectivity index is 1.42. The average molecular weight is 489 g/mol. The third-order valence-electron chi connectivity index (χ3n) is 4.94. The van der Waals surface area contributed by atoms with E-state index in [0.717, 1.165) is 15.6 Å². The van der Waals surface area contributed by atoms with Crippen molar-refractivity contribution in [3.63, 3.8) is 0 Å². The number of benzene rings is 4. The molecular weight excluding hydrogens is 468 g/mol. The summed E-state index contributed by atoms with van der Waals surface area (Å²) in [5.41, 5.74) is 4.93. The first kappa shape index (κ1) is 21.6. The molecule has 0 unspecified atom stereocenters. The van der Waals surface area contributed by atoms with Gasteiger partial charge >= 0.3 is 0 Å². The molecule has 0 bridgehead atoms. The molecule has 160 valence electrons. The minimum absolute atomic E-state index is 0.282. The Morgan fingerprint density at radius 2 is 1.75 bits per heavy atom. The highest BCUT2D eigenvalue weighted by Gasteiger charge is 2.08. The van der Waals surface area contributed by atoms with E-state index in [1.807, 2.05) is 36.4 Å². The van der Waals surface area contributed by atoms with Crippen LogP contribution in [0.5, 0.6) is 11.5 Å². The third-order valence-corrected chi connectivity index (χ3v) is 5.47. The molecular formula is C26H21BrN2O3. The monoisotopic (exact) mass is 488 g/mol. The van der Waals surface area contributed by atoms with Crippen LogP contribution in [0, 0.1) is 0 Å². The van der Waals surface area contributed by atoms with E-state index in [4.69, 9.17) is 9.47 Å². The summed E-state index contributed by atoms with van der Waals surface area (Å²) in [6.07, 6.45) is 1.56. The summed E-state index contributed by atoms with van der Waals surface area (Å²) in [4.78, 5) is 12.2. The van der Waals surface area contributed by atoms with Gasteiger partial charge in [0.25, 0.3) is 5.91 Å². The molecule has 1 N–H and O–H groups in total. The molecule has 0 radical (unpaired) electrons. The molecule has 5 nitrogen and oxygen atoms in total. The first-order chi connectivity index (χ1) is 15.6. The maximum atomic E-state index is 12.2. The number of halogens is 1. The average Bonchev–Trinajstić information content (AvgIpc) is 2.83. The van der Waals surface area contributed by atoms with Crippen LogP contribution in [0.3, 0.4) is 0 Å². The molecule has 0 saturated heterocycles. The first-order valence-electron chi connectivity index (χ1n) is 10.0. The number of carbonyl (C=O) groups is 1. The van der Waals surface area contributed by atoms with Gasteiger partial charge in [-0.1, -0.05) is 58.4 Å². The molecule has 32 heavy (non-hydrogen) atoms. The fraction of sp³-hybridized carbons (Fsp3) is 0.0769. The predicted molar refractivity (Wildman–Crippen MR) is 130 cm³/mol. The van der Waals surface area contributed by atoms with Crippen molar-refractivity contribution in [3.8, 4) is 11.5 Å². The lowest BCUT2D eigenvalue weighted by molar-refractivity contribution is 0.0955. The van der Waals surface area contributed by atoms with Gasteiger partial charge in [0, 0.05) is 10.0 Å². The van der Waals surface area contributed by atoms with E-state index < -0.39 is 0 Å². The molecule has 0 atom stereocenters. The number of nitrogens with one attached hydrogen (secondary N) is 1. The van der Waals surface area contributed by atoms with Gasteiger partial charge in [0.2, 0.25) is 0 Å². The van der Waals surface area contributed by atoms with Gasteiger partial charge in [-0.15, -0.1) is 0 Å². The number of methoxy groups -OCH3 is 1. The van der Waals surface area contributed by atoms with Gasteiger partial charge in [-0.05, 0) is 64.4 Å².